The molecule has 0 radical (unpaired) electrons. The smallest absolute Gasteiger partial charge is 0.0738 e. The van der Waals surface area contributed by atoms with Crippen LogP contribution < -0.4 is 5.32 Å². The summed E-state index contributed by atoms with van der Waals surface area (Å²) in [7, 11) is 2.15. The van der Waals surface area contributed by atoms with Crippen LogP contribution in [0.3, 0.4) is 0 Å². The first-order valence-electron chi connectivity index (χ1n) is 14.7. The summed E-state index contributed by atoms with van der Waals surface area (Å²) in [5.74, 6) is 0. The monoisotopic (exact) mass is 552 g/mol. The van der Waals surface area contributed by atoms with Crippen LogP contribution in [0.25, 0.3) is 16.5 Å². The highest BCUT2D eigenvalue weighted by Crippen LogP contribution is 2.29. The zero-order valence-corrected chi connectivity index (χ0v) is 26.3. The Bertz CT molecular complexity index is 1050. The van der Waals surface area contributed by atoms with Gasteiger partial charge in [0.2, 0.25) is 0 Å². The van der Waals surface area contributed by atoms with E-state index in [4.69, 9.17) is 16.6 Å². The number of hydrogen-bond donors (Lipinski definition) is 1. The molecule has 1 aliphatic carbocycles. The van der Waals surface area contributed by atoms with Gasteiger partial charge in [-0.2, -0.15) is 0 Å². The predicted octanol–water partition coefficient (Wildman–Crippen LogP) is 9.23. The number of pyridine rings is 1. The number of rotatable bonds is 13. The van der Waals surface area contributed by atoms with Crippen molar-refractivity contribution in [1.82, 2.24) is 20.1 Å². The zero-order valence-electron chi connectivity index (χ0n) is 25.5. The lowest BCUT2D eigenvalue weighted by atomic mass is 10.1. The van der Waals surface area contributed by atoms with Crippen LogP contribution in [0.1, 0.15) is 84.4 Å². The first kappa shape index (κ1) is 34.3. The highest BCUT2D eigenvalue weighted by atomic mass is 35.5. The SMILES string of the molecule is C=CNCCN(CCc1ccc2c(Cl)cc(/C(C=C)=C/N(C)C3CCCC3)nc2c1)C(=C)C.CC.CCCC. The standard InChI is InChI=1S/C28H37ClN4.C4H10.C2H6/c1-6-23(20-32(5)24-10-8-9-11-24)27-19-26(29)25-13-12-22(18-28(25)31-27)14-16-33(21(3)4)17-15-30-7-2;1-3-4-2;1-2/h6-7,12-13,18-20,24,30H,1-3,8-11,14-17H2,4-5H3;3-4H2,1-2H3;1-2H3/b23-20+;;. The molecule has 5 heteroatoms. The van der Waals surface area contributed by atoms with Crippen molar-refractivity contribution in [2.24, 2.45) is 0 Å². The summed E-state index contributed by atoms with van der Waals surface area (Å²) in [4.78, 5) is 9.57. The topological polar surface area (TPSA) is 31.4 Å². The molecule has 1 fully saturated rings. The fraction of sp³-hybridized carbons (Fsp3) is 0.500. The number of hydrogen-bond acceptors (Lipinski definition) is 4. The van der Waals surface area contributed by atoms with Crippen LogP contribution >= 0.6 is 11.6 Å². The van der Waals surface area contributed by atoms with E-state index in [-0.39, 0.29) is 0 Å². The minimum absolute atomic E-state index is 0.598. The van der Waals surface area contributed by atoms with Gasteiger partial charge in [0.25, 0.3) is 0 Å². The molecular weight excluding hydrogens is 500 g/mol. The molecule has 1 aliphatic rings. The van der Waals surface area contributed by atoms with Crippen LogP contribution in [0.2, 0.25) is 5.02 Å². The molecule has 2 aromatic rings. The molecule has 4 nitrogen and oxygen atoms in total. The maximum atomic E-state index is 6.67. The molecular formula is C34H53ClN4. The number of unbranched alkanes of at least 4 members (excludes halogenated alkanes) is 1. The molecule has 3 rings (SSSR count). The van der Waals surface area contributed by atoms with Gasteiger partial charge in [-0.25, -0.2) is 4.98 Å². The third kappa shape index (κ3) is 11.5. The van der Waals surface area contributed by atoms with Gasteiger partial charge in [0.15, 0.2) is 0 Å². The summed E-state index contributed by atoms with van der Waals surface area (Å²) >= 11 is 6.67. The lowest BCUT2D eigenvalue weighted by molar-refractivity contribution is 0.336. The second-order valence-corrected chi connectivity index (χ2v) is 10.3. The quantitative estimate of drug-likeness (QED) is 0.198. The van der Waals surface area contributed by atoms with Crippen molar-refractivity contribution in [2.75, 3.05) is 26.7 Å². The van der Waals surface area contributed by atoms with Gasteiger partial charge >= 0.3 is 0 Å². The van der Waals surface area contributed by atoms with Gasteiger partial charge < -0.3 is 15.1 Å². The molecule has 0 atom stereocenters. The van der Waals surface area contributed by atoms with Crippen LogP contribution in [-0.2, 0) is 6.42 Å². The van der Waals surface area contributed by atoms with E-state index >= 15 is 0 Å². The van der Waals surface area contributed by atoms with E-state index in [1.54, 1.807) is 6.20 Å². The molecule has 1 N–H and O–H groups in total. The molecule has 0 unspecified atom stereocenters. The molecule has 0 amide bonds. The Morgan fingerprint density at radius 1 is 1.10 bits per heavy atom. The fourth-order valence-electron chi connectivity index (χ4n) is 4.45. The summed E-state index contributed by atoms with van der Waals surface area (Å²) in [6, 6.07) is 8.93. The van der Waals surface area contributed by atoms with Crippen molar-refractivity contribution < 1.29 is 0 Å². The summed E-state index contributed by atoms with van der Waals surface area (Å²) in [5.41, 5.74) is 5.09. The van der Waals surface area contributed by atoms with E-state index in [2.05, 4.69) is 80.1 Å². The Labute approximate surface area is 244 Å². The highest BCUT2D eigenvalue weighted by Gasteiger charge is 2.18. The van der Waals surface area contributed by atoms with Crippen LogP contribution in [0.15, 0.2) is 68.2 Å². The van der Waals surface area contributed by atoms with E-state index in [0.717, 1.165) is 58.9 Å². The first-order chi connectivity index (χ1) is 18.8. The summed E-state index contributed by atoms with van der Waals surface area (Å²) in [6.07, 6.45) is 14.4. The van der Waals surface area contributed by atoms with Crippen LogP contribution in [-0.4, -0.2) is 47.5 Å². The molecule has 216 valence electrons. The minimum atomic E-state index is 0.598. The second kappa shape index (κ2) is 19.4. The van der Waals surface area contributed by atoms with E-state index in [0.29, 0.717) is 6.04 Å². The van der Waals surface area contributed by atoms with Gasteiger partial charge in [0.1, 0.15) is 0 Å². The number of nitrogens with one attached hydrogen (secondary N) is 1. The van der Waals surface area contributed by atoms with Gasteiger partial charge in [-0.3, -0.25) is 0 Å². The first-order valence-corrected chi connectivity index (χ1v) is 15.1. The summed E-state index contributed by atoms with van der Waals surface area (Å²) in [6.45, 7) is 24.9. The normalized spacial score (nSPS) is 13.1. The van der Waals surface area contributed by atoms with Crippen molar-refractivity contribution in [3.63, 3.8) is 0 Å². The minimum Gasteiger partial charge on any atom is -0.390 e. The van der Waals surface area contributed by atoms with E-state index < -0.39 is 0 Å². The van der Waals surface area contributed by atoms with Gasteiger partial charge in [-0.15, -0.1) is 0 Å². The maximum absolute atomic E-state index is 6.67. The molecule has 0 bridgehead atoms. The van der Waals surface area contributed by atoms with Crippen LogP contribution in [0.5, 0.6) is 0 Å². The Kier molecular flexibility index (Phi) is 17.0. The number of fused-ring (bicyclic) bond motifs is 1. The van der Waals surface area contributed by atoms with E-state index in [9.17, 15) is 0 Å². The number of benzene rings is 1. The van der Waals surface area contributed by atoms with Gasteiger partial charge in [-0.05, 0) is 50.1 Å². The molecule has 0 aliphatic heterocycles. The number of nitrogens with zero attached hydrogens (tertiary/aromatic N) is 3. The predicted molar refractivity (Wildman–Crippen MR) is 175 cm³/mol. The fourth-order valence-corrected chi connectivity index (χ4v) is 4.72. The number of allylic oxidation sites excluding steroid dienone is 3. The van der Waals surface area contributed by atoms with Gasteiger partial charge in [0.05, 0.1) is 16.2 Å². The average molecular weight is 553 g/mol. The van der Waals surface area contributed by atoms with Crippen LogP contribution in [0, 0.1) is 0 Å². The molecule has 1 heterocycles. The lowest BCUT2D eigenvalue weighted by Gasteiger charge is -2.25. The van der Waals surface area contributed by atoms with E-state index in [1.165, 1.54) is 44.1 Å². The van der Waals surface area contributed by atoms with Crippen molar-refractivity contribution in [3.05, 3.63) is 84.5 Å². The van der Waals surface area contributed by atoms with Crippen molar-refractivity contribution in [3.8, 4) is 0 Å². The van der Waals surface area contributed by atoms with Crippen LogP contribution in [0.4, 0.5) is 0 Å². The molecule has 1 saturated carbocycles. The average Bonchev–Trinajstić information content (AvgIpc) is 3.49. The van der Waals surface area contributed by atoms with E-state index in [1.807, 2.05) is 32.9 Å². The number of aromatic nitrogens is 1. The van der Waals surface area contributed by atoms with Gasteiger partial charge in [0, 0.05) is 55.6 Å². The third-order valence-corrected chi connectivity index (χ3v) is 7.28. The molecule has 39 heavy (non-hydrogen) atoms. The molecule has 0 spiro atoms. The lowest BCUT2D eigenvalue weighted by Crippen LogP contribution is -2.30. The Balaban J connectivity index is 0.00000116. The third-order valence-electron chi connectivity index (χ3n) is 6.96. The second-order valence-electron chi connectivity index (χ2n) is 9.86. The Hall–Kier alpha value is -2.72. The van der Waals surface area contributed by atoms with Gasteiger partial charge in [-0.1, -0.05) is 103 Å². The molecule has 0 saturated heterocycles. The maximum Gasteiger partial charge on any atom is 0.0738 e. The van der Waals surface area contributed by atoms with Crippen molar-refractivity contribution >= 4 is 28.1 Å². The zero-order chi connectivity index (χ0) is 29.2. The molecule has 1 aromatic carbocycles. The Morgan fingerprint density at radius 2 is 1.77 bits per heavy atom. The summed E-state index contributed by atoms with van der Waals surface area (Å²) < 4.78 is 0. The number of halogens is 1. The summed E-state index contributed by atoms with van der Waals surface area (Å²) in [5, 5.41) is 4.85. The largest absolute Gasteiger partial charge is 0.390 e. The van der Waals surface area contributed by atoms with Crippen molar-refractivity contribution in [1.29, 1.82) is 0 Å². The van der Waals surface area contributed by atoms with Crippen molar-refractivity contribution in [2.45, 2.75) is 85.6 Å². The Morgan fingerprint density at radius 3 is 2.33 bits per heavy atom. The molecule has 1 aromatic heterocycles. The highest BCUT2D eigenvalue weighted by molar-refractivity contribution is 6.35.